The van der Waals surface area contributed by atoms with Crippen molar-refractivity contribution in [3.63, 3.8) is 0 Å². The Kier molecular flexibility index (Phi) is 4.51. The number of aryl methyl sites for hydroxylation is 1. The molecule has 16 heavy (non-hydrogen) atoms. The molecule has 0 spiro atoms. The van der Waals surface area contributed by atoms with Crippen LogP contribution in [-0.4, -0.2) is 18.9 Å². The van der Waals surface area contributed by atoms with Gasteiger partial charge in [0.15, 0.2) is 0 Å². The van der Waals surface area contributed by atoms with Crippen molar-refractivity contribution < 1.29 is 9.59 Å². The number of rotatable bonds is 4. The average molecular weight is 220 g/mol. The van der Waals surface area contributed by atoms with Gasteiger partial charge in [0.25, 0.3) is 0 Å². The van der Waals surface area contributed by atoms with Crippen LogP contribution in [0.4, 0.5) is 5.69 Å². The molecule has 0 aromatic heterocycles. The normalized spacial score (nSPS) is 9.62. The lowest BCUT2D eigenvalue weighted by Gasteiger charge is -2.04. The van der Waals surface area contributed by atoms with Gasteiger partial charge in [-0.2, -0.15) is 0 Å². The maximum absolute atomic E-state index is 11.0. The van der Waals surface area contributed by atoms with E-state index in [-0.39, 0.29) is 11.8 Å². The molecule has 0 bridgehead atoms. The summed E-state index contributed by atoms with van der Waals surface area (Å²) < 4.78 is 0. The lowest BCUT2D eigenvalue weighted by Crippen LogP contribution is -2.17. The van der Waals surface area contributed by atoms with Crippen LogP contribution in [0.3, 0.4) is 0 Å². The molecule has 0 aliphatic rings. The summed E-state index contributed by atoms with van der Waals surface area (Å²) in [6.45, 7) is 1.47. The highest BCUT2D eigenvalue weighted by Gasteiger charge is 2.00. The molecule has 1 rings (SSSR count). The summed E-state index contributed by atoms with van der Waals surface area (Å²) in [5.74, 6) is -0.0518. The topological polar surface area (TPSA) is 58.2 Å². The summed E-state index contributed by atoms with van der Waals surface area (Å²) >= 11 is 0. The minimum atomic E-state index is -0.0851. The van der Waals surface area contributed by atoms with Gasteiger partial charge in [-0.1, -0.05) is 12.1 Å². The van der Waals surface area contributed by atoms with Gasteiger partial charge < -0.3 is 10.6 Å². The van der Waals surface area contributed by atoms with Gasteiger partial charge in [0, 0.05) is 26.1 Å². The second-order valence-electron chi connectivity index (χ2n) is 3.55. The van der Waals surface area contributed by atoms with Crippen molar-refractivity contribution in [3.05, 3.63) is 29.8 Å². The van der Waals surface area contributed by atoms with Gasteiger partial charge in [-0.25, -0.2) is 0 Å². The standard InChI is InChI=1S/C12H16N2O2/c1-9(15)14-11-6-3-10(4-7-11)5-8-12(16)13-2/h3-4,6-7H,5,8H2,1-2H3,(H,13,16)(H,14,15). The fourth-order valence-electron chi connectivity index (χ4n) is 1.34. The molecule has 4 nitrogen and oxygen atoms in total. The van der Waals surface area contributed by atoms with Gasteiger partial charge in [-0.3, -0.25) is 9.59 Å². The highest BCUT2D eigenvalue weighted by atomic mass is 16.2. The van der Waals surface area contributed by atoms with Gasteiger partial charge in [0.1, 0.15) is 0 Å². The molecule has 86 valence electrons. The molecule has 0 saturated heterocycles. The fourth-order valence-corrected chi connectivity index (χ4v) is 1.34. The van der Waals surface area contributed by atoms with Crippen LogP contribution < -0.4 is 10.6 Å². The second kappa shape index (κ2) is 5.90. The third-order valence-electron chi connectivity index (χ3n) is 2.19. The summed E-state index contributed by atoms with van der Waals surface area (Å²) in [5.41, 5.74) is 1.86. The van der Waals surface area contributed by atoms with Crippen molar-refractivity contribution in [2.45, 2.75) is 19.8 Å². The van der Waals surface area contributed by atoms with Crippen molar-refractivity contribution in [1.82, 2.24) is 5.32 Å². The Hall–Kier alpha value is -1.84. The first kappa shape index (κ1) is 12.2. The molecule has 0 radical (unpaired) electrons. The smallest absolute Gasteiger partial charge is 0.221 e. The van der Waals surface area contributed by atoms with E-state index in [2.05, 4.69) is 10.6 Å². The first-order chi connectivity index (χ1) is 7.61. The second-order valence-corrected chi connectivity index (χ2v) is 3.55. The summed E-state index contributed by atoms with van der Waals surface area (Å²) in [5, 5.41) is 5.27. The Morgan fingerprint density at radius 2 is 1.81 bits per heavy atom. The first-order valence-electron chi connectivity index (χ1n) is 5.19. The van der Waals surface area contributed by atoms with Crippen LogP contribution in [0.5, 0.6) is 0 Å². The Bertz CT molecular complexity index is 371. The molecular weight excluding hydrogens is 204 g/mol. The number of anilines is 1. The first-order valence-corrected chi connectivity index (χ1v) is 5.19. The van der Waals surface area contributed by atoms with E-state index >= 15 is 0 Å². The Balaban J connectivity index is 2.51. The van der Waals surface area contributed by atoms with E-state index in [1.54, 1.807) is 7.05 Å². The lowest BCUT2D eigenvalue weighted by molar-refractivity contribution is -0.120. The van der Waals surface area contributed by atoms with E-state index in [1.165, 1.54) is 6.92 Å². The van der Waals surface area contributed by atoms with Crippen molar-refractivity contribution >= 4 is 17.5 Å². The van der Waals surface area contributed by atoms with Crippen molar-refractivity contribution in [3.8, 4) is 0 Å². The number of hydrogen-bond acceptors (Lipinski definition) is 2. The predicted octanol–water partition coefficient (Wildman–Crippen LogP) is 1.32. The number of benzene rings is 1. The highest BCUT2D eigenvalue weighted by molar-refractivity contribution is 5.88. The number of nitrogens with one attached hydrogen (secondary N) is 2. The van der Waals surface area contributed by atoms with Crippen LogP contribution in [0.15, 0.2) is 24.3 Å². The van der Waals surface area contributed by atoms with Crippen LogP contribution in [-0.2, 0) is 16.0 Å². The molecular formula is C12H16N2O2. The zero-order valence-corrected chi connectivity index (χ0v) is 9.54. The lowest BCUT2D eigenvalue weighted by atomic mass is 10.1. The summed E-state index contributed by atoms with van der Waals surface area (Å²) in [7, 11) is 1.63. The van der Waals surface area contributed by atoms with Crippen molar-refractivity contribution in [2.24, 2.45) is 0 Å². The fraction of sp³-hybridized carbons (Fsp3) is 0.333. The van der Waals surface area contributed by atoms with E-state index in [0.29, 0.717) is 12.8 Å². The van der Waals surface area contributed by atoms with Gasteiger partial charge in [0.2, 0.25) is 11.8 Å². The average Bonchev–Trinajstić information content (AvgIpc) is 2.27. The molecule has 1 aromatic carbocycles. The third kappa shape index (κ3) is 4.13. The molecule has 0 atom stereocenters. The molecule has 2 amide bonds. The molecule has 0 fully saturated rings. The minimum absolute atomic E-state index is 0.0333. The molecule has 2 N–H and O–H groups in total. The quantitative estimate of drug-likeness (QED) is 0.804. The SMILES string of the molecule is CNC(=O)CCc1ccc(NC(C)=O)cc1. The van der Waals surface area contributed by atoms with E-state index in [1.807, 2.05) is 24.3 Å². The largest absolute Gasteiger partial charge is 0.359 e. The van der Waals surface area contributed by atoms with E-state index in [4.69, 9.17) is 0 Å². The number of carbonyl (C=O) groups is 2. The Morgan fingerprint density at radius 1 is 1.19 bits per heavy atom. The van der Waals surface area contributed by atoms with Gasteiger partial charge in [-0.15, -0.1) is 0 Å². The third-order valence-corrected chi connectivity index (χ3v) is 2.19. The van der Waals surface area contributed by atoms with Crippen molar-refractivity contribution in [1.29, 1.82) is 0 Å². The predicted molar refractivity (Wildman–Crippen MR) is 63.1 cm³/mol. The van der Waals surface area contributed by atoms with Gasteiger partial charge in [-0.05, 0) is 24.1 Å². The minimum Gasteiger partial charge on any atom is -0.359 e. The molecule has 1 aromatic rings. The Labute approximate surface area is 95.0 Å². The van der Waals surface area contributed by atoms with Crippen LogP contribution in [0.25, 0.3) is 0 Å². The van der Waals surface area contributed by atoms with E-state index in [9.17, 15) is 9.59 Å². The van der Waals surface area contributed by atoms with Crippen molar-refractivity contribution in [2.75, 3.05) is 12.4 Å². The van der Waals surface area contributed by atoms with Crippen LogP contribution in [0, 0.1) is 0 Å². The van der Waals surface area contributed by atoms with Gasteiger partial charge >= 0.3 is 0 Å². The Morgan fingerprint density at radius 3 is 2.31 bits per heavy atom. The van der Waals surface area contributed by atoms with Crippen LogP contribution in [0.2, 0.25) is 0 Å². The maximum Gasteiger partial charge on any atom is 0.221 e. The molecule has 0 unspecified atom stereocenters. The number of amides is 2. The number of hydrogen-bond donors (Lipinski definition) is 2. The zero-order valence-electron chi connectivity index (χ0n) is 9.54. The summed E-state index contributed by atoms with van der Waals surface area (Å²) in [4.78, 5) is 21.8. The summed E-state index contributed by atoms with van der Waals surface area (Å²) in [6, 6.07) is 7.49. The monoisotopic (exact) mass is 220 g/mol. The van der Waals surface area contributed by atoms with Crippen LogP contribution >= 0.6 is 0 Å². The van der Waals surface area contributed by atoms with Gasteiger partial charge in [0.05, 0.1) is 0 Å². The molecule has 0 aliphatic carbocycles. The maximum atomic E-state index is 11.0. The van der Waals surface area contributed by atoms with E-state index < -0.39 is 0 Å². The molecule has 0 aliphatic heterocycles. The summed E-state index contributed by atoms with van der Waals surface area (Å²) in [6.07, 6.45) is 1.19. The van der Waals surface area contributed by atoms with E-state index in [0.717, 1.165) is 11.3 Å². The number of carbonyl (C=O) groups excluding carboxylic acids is 2. The molecule has 4 heteroatoms. The highest BCUT2D eigenvalue weighted by Crippen LogP contribution is 2.10. The molecule has 0 saturated carbocycles. The zero-order chi connectivity index (χ0) is 12.0. The van der Waals surface area contributed by atoms with Crippen LogP contribution in [0.1, 0.15) is 18.9 Å². The molecule has 0 heterocycles.